The predicted molar refractivity (Wildman–Crippen MR) is 143 cm³/mol. The molecule has 1 heterocycles. The molecule has 1 atom stereocenters. The number of hydrogen-bond donors (Lipinski definition) is 1. The van der Waals surface area contributed by atoms with Crippen LogP contribution in [0.5, 0.6) is 5.75 Å². The van der Waals surface area contributed by atoms with Gasteiger partial charge in [0.25, 0.3) is 0 Å². The second-order valence-electron chi connectivity index (χ2n) is 9.05. The third kappa shape index (κ3) is 6.99. The zero-order valence-corrected chi connectivity index (χ0v) is 22.8. The van der Waals surface area contributed by atoms with Gasteiger partial charge in [0.05, 0.1) is 23.0 Å². The molecule has 11 heteroatoms. The highest BCUT2D eigenvalue weighted by atomic mass is 32.2. The Kier molecular flexibility index (Phi) is 9.19. The fourth-order valence-corrected chi connectivity index (χ4v) is 6.89. The first-order chi connectivity index (χ1) is 18.2. The lowest BCUT2D eigenvalue weighted by atomic mass is 10.2. The van der Waals surface area contributed by atoms with Gasteiger partial charge in [-0.2, -0.15) is 8.61 Å². The van der Waals surface area contributed by atoms with E-state index in [2.05, 4.69) is 0 Å². The van der Waals surface area contributed by atoms with Crippen molar-refractivity contribution in [3.63, 3.8) is 0 Å². The maximum Gasteiger partial charge on any atom is 0.243 e. The van der Waals surface area contributed by atoms with Gasteiger partial charge in [-0.3, -0.25) is 0 Å². The molecule has 0 spiro atoms. The summed E-state index contributed by atoms with van der Waals surface area (Å²) < 4.78 is 65.9. The number of aliphatic hydroxyl groups is 1. The summed E-state index contributed by atoms with van der Waals surface area (Å²) in [5, 5.41) is 10.7. The number of hydrogen-bond acceptors (Lipinski definition) is 7. The van der Waals surface area contributed by atoms with Crippen LogP contribution in [0, 0.1) is 6.92 Å². The molecule has 0 aliphatic carbocycles. The van der Waals surface area contributed by atoms with Gasteiger partial charge < -0.3 is 14.6 Å². The van der Waals surface area contributed by atoms with Gasteiger partial charge in [-0.15, -0.1) is 0 Å². The standard InChI is InChI=1S/C27H32N2O7S2/c1-22-7-11-26(12-8-22)38(33,34)29(19-23-5-3-2-4-6-23)20-24(30)21-36-25-9-13-27(14-10-25)37(31,32)28-15-17-35-18-16-28/h2-14,24,30H,15-21H2,1H3. The molecule has 204 valence electrons. The molecule has 0 saturated carbocycles. The van der Waals surface area contributed by atoms with Crippen molar-refractivity contribution in [3.05, 3.63) is 90.0 Å². The van der Waals surface area contributed by atoms with Gasteiger partial charge in [-0.1, -0.05) is 48.0 Å². The molecule has 38 heavy (non-hydrogen) atoms. The number of benzene rings is 3. The summed E-state index contributed by atoms with van der Waals surface area (Å²) in [7, 11) is -7.52. The lowest BCUT2D eigenvalue weighted by molar-refractivity contribution is 0.0730. The van der Waals surface area contributed by atoms with Crippen LogP contribution < -0.4 is 4.74 Å². The Morgan fingerprint density at radius 2 is 1.50 bits per heavy atom. The van der Waals surface area contributed by atoms with Gasteiger partial charge in [-0.25, -0.2) is 16.8 Å². The lowest BCUT2D eigenvalue weighted by Gasteiger charge is -2.26. The smallest absolute Gasteiger partial charge is 0.243 e. The minimum Gasteiger partial charge on any atom is -0.491 e. The van der Waals surface area contributed by atoms with E-state index in [0.29, 0.717) is 32.1 Å². The van der Waals surface area contributed by atoms with Crippen LogP contribution in [0.25, 0.3) is 0 Å². The predicted octanol–water partition coefficient (Wildman–Crippen LogP) is 2.65. The van der Waals surface area contributed by atoms with Crippen LogP contribution in [0.15, 0.2) is 88.7 Å². The summed E-state index contributed by atoms with van der Waals surface area (Å²) in [6, 6.07) is 21.7. The van der Waals surface area contributed by atoms with E-state index in [0.717, 1.165) is 11.1 Å². The zero-order chi connectivity index (χ0) is 27.2. The first-order valence-electron chi connectivity index (χ1n) is 12.3. The van der Waals surface area contributed by atoms with E-state index in [4.69, 9.17) is 9.47 Å². The van der Waals surface area contributed by atoms with Crippen LogP contribution in [0.1, 0.15) is 11.1 Å². The summed E-state index contributed by atoms with van der Waals surface area (Å²) in [5.41, 5.74) is 1.73. The molecule has 3 aromatic carbocycles. The average Bonchev–Trinajstić information content (AvgIpc) is 2.93. The number of sulfonamides is 2. The van der Waals surface area contributed by atoms with Crippen molar-refractivity contribution in [2.75, 3.05) is 39.5 Å². The van der Waals surface area contributed by atoms with E-state index >= 15 is 0 Å². The Balaban J connectivity index is 1.42. The Morgan fingerprint density at radius 3 is 2.13 bits per heavy atom. The second-order valence-corrected chi connectivity index (χ2v) is 12.9. The topological polar surface area (TPSA) is 113 Å². The fourth-order valence-electron chi connectivity index (χ4n) is 4.02. The number of aryl methyl sites for hydroxylation is 1. The number of morpholine rings is 1. The molecule has 0 amide bonds. The van der Waals surface area contributed by atoms with Crippen LogP contribution in [-0.2, 0) is 31.3 Å². The molecule has 9 nitrogen and oxygen atoms in total. The Labute approximate surface area is 224 Å². The third-order valence-electron chi connectivity index (χ3n) is 6.15. The van der Waals surface area contributed by atoms with Crippen LogP contribution >= 0.6 is 0 Å². The minimum atomic E-state index is -3.89. The fraction of sp³-hybridized carbons (Fsp3) is 0.333. The molecule has 1 aliphatic rings. The van der Waals surface area contributed by atoms with Crippen molar-refractivity contribution in [2.24, 2.45) is 0 Å². The van der Waals surface area contributed by atoms with Crippen LogP contribution in [0.2, 0.25) is 0 Å². The van der Waals surface area contributed by atoms with Crippen molar-refractivity contribution in [1.29, 1.82) is 0 Å². The minimum absolute atomic E-state index is 0.0855. The molecule has 1 N–H and O–H groups in total. The Bertz CT molecular complexity index is 1390. The average molecular weight is 561 g/mol. The summed E-state index contributed by atoms with van der Waals surface area (Å²) in [5.74, 6) is 0.362. The quantitative estimate of drug-likeness (QED) is 0.384. The second kappa shape index (κ2) is 12.4. The van der Waals surface area contributed by atoms with Gasteiger partial charge in [0, 0.05) is 26.2 Å². The molecule has 0 aromatic heterocycles. The molecule has 3 aromatic rings. The maximum atomic E-state index is 13.4. The highest BCUT2D eigenvalue weighted by molar-refractivity contribution is 7.89. The number of rotatable bonds is 11. The van der Waals surface area contributed by atoms with Crippen molar-refractivity contribution in [3.8, 4) is 5.75 Å². The molecule has 4 rings (SSSR count). The van der Waals surface area contributed by atoms with E-state index in [9.17, 15) is 21.9 Å². The first kappa shape index (κ1) is 28.2. The molecule has 1 aliphatic heterocycles. The van der Waals surface area contributed by atoms with Gasteiger partial charge in [0.2, 0.25) is 20.0 Å². The van der Waals surface area contributed by atoms with Gasteiger partial charge in [-0.05, 0) is 48.9 Å². The van der Waals surface area contributed by atoms with Crippen molar-refractivity contribution < 1.29 is 31.4 Å². The van der Waals surface area contributed by atoms with Crippen LogP contribution in [0.3, 0.4) is 0 Å². The van der Waals surface area contributed by atoms with Crippen LogP contribution in [0.4, 0.5) is 0 Å². The highest BCUT2D eigenvalue weighted by Crippen LogP contribution is 2.22. The summed E-state index contributed by atoms with van der Waals surface area (Å²) in [6.45, 7) is 2.93. The normalized spacial score (nSPS) is 15.9. The monoisotopic (exact) mass is 560 g/mol. The van der Waals surface area contributed by atoms with E-state index in [1.165, 1.54) is 32.9 Å². The number of ether oxygens (including phenoxy) is 2. The Morgan fingerprint density at radius 1 is 0.895 bits per heavy atom. The molecule has 1 unspecified atom stereocenters. The Hall–Kier alpha value is -2.80. The third-order valence-corrected chi connectivity index (χ3v) is 9.89. The van der Waals surface area contributed by atoms with Gasteiger partial charge in [0.15, 0.2) is 0 Å². The van der Waals surface area contributed by atoms with E-state index in [1.54, 1.807) is 24.3 Å². The number of aliphatic hydroxyl groups excluding tert-OH is 1. The van der Waals surface area contributed by atoms with Gasteiger partial charge >= 0.3 is 0 Å². The molecular weight excluding hydrogens is 528 g/mol. The number of nitrogens with zero attached hydrogens (tertiary/aromatic N) is 2. The van der Waals surface area contributed by atoms with E-state index in [-0.39, 0.29) is 29.5 Å². The summed E-state index contributed by atoms with van der Waals surface area (Å²) >= 11 is 0. The molecule has 0 bridgehead atoms. The van der Waals surface area contributed by atoms with Crippen LogP contribution in [-0.4, -0.2) is 76.1 Å². The summed E-state index contributed by atoms with van der Waals surface area (Å²) in [6.07, 6.45) is -1.13. The largest absolute Gasteiger partial charge is 0.491 e. The van der Waals surface area contributed by atoms with E-state index in [1.807, 2.05) is 37.3 Å². The molecule has 0 radical (unpaired) electrons. The highest BCUT2D eigenvalue weighted by Gasteiger charge is 2.28. The van der Waals surface area contributed by atoms with Gasteiger partial charge in [0.1, 0.15) is 18.5 Å². The molecule has 1 fully saturated rings. The summed E-state index contributed by atoms with van der Waals surface area (Å²) in [4.78, 5) is 0.287. The molecule has 1 saturated heterocycles. The van der Waals surface area contributed by atoms with E-state index < -0.39 is 26.2 Å². The van der Waals surface area contributed by atoms with Crippen molar-refractivity contribution in [1.82, 2.24) is 8.61 Å². The SMILES string of the molecule is Cc1ccc(S(=O)(=O)N(Cc2ccccc2)CC(O)COc2ccc(S(=O)(=O)N3CCOCC3)cc2)cc1. The zero-order valence-electron chi connectivity index (χ0n) is 21.1. The first-order valence-corrected chi connectivity index (χ1v) is 15.1. The van der Waals surface area contributed by atoms with Crippen molar-refractivity contribution >= 4 is 20.0 Å². The molecular formula is C27H32N2O7S2. The van der Waals surface area contributed by atoms with Crippen molar-refractivity contribution in [2.45, 2.75) is 29.4 Å². The maximum absolute atomic E-state index is 13.4. The lowest BCUT2D eigenvalue weighted by Crippen LogP contribution is -2.40.